The Morgan fingerprint density at radius 3 is 1.65 bits per heavy atom. The van der Waals surface area contributed by atoms with Crippen molar-refractivity contribution in [1.29, 1.82) is 0 Å². The summed E-state index contributed by atoms with van der Waals surface area (Å²) in [5.41, 5.74) is 3.50. The van der Waals surface area contributed by atoms with Crippen LogP contribution in [0.4, 0.5) is 4.79 Å². The Hall–Kier alpha value is -5.90. The van der Waals surface area contributed by atoms with Crippen LogP contribution in [0.1, 0.15) is 51.2 Å². The summed E-state index contributed by atoms with van der Waals surface area (Å²) < 4.78 is 64.6. The minimum absolute atomic E-state index is 0.240. The summed E-state index contributed by atoms with van der Waals surface area (Å²) >= 11 is 0. The standard InChI is InChI=1S/C58H82N4O33/c1-20(35(51(80)81)62-57(84)86-18-28-26-11-7-5-9-24(26)25-10-6-8-12-27(25)28)87-53-38(61-23(4)69)48(93-54-45(78)44(77)40(73)31(15-64)88-54)42(75)34(91-53)19-85-52-37(60-22(3)68)43(76)47(33(17-66)90-52)92-55-46(79)50(41(74)32(16-65)89-55)95-58(56(82)83)13-29(70)36(59-21(2)67)49(94-58)39(72)30(71)14-63/h5-12,20,28-50,52-55,63-66,70-79H,13-19H2,1-4H3,(H,59,67)(H,60,68)(H,61,69)(H,62,84)(H,80,81)(H,82,83)/t20-,29+,30-,31-,32-,33-,34-,35+,36-,37-,38-,39-,40+,41+,42+,43-,44+,45-,46-,47-,48-,49-,50+,52-,53+,54+,55+,58+/m1/s1. The van der Waals surface area contributed by atoms with Crippen LogP contribution in [0.2, 0.25) is 0 Å². The van der Waals surface area contributed by atoms with E-state index in [1.807, 2.05) is 48.5 Å². The fourth-order valence-electron chi connectivity index (χ4n) is 12.4. The maximum Gasteiger partial charge on any atom is 0.407 e. The lowest BCUT2D eigenvalue weighted by Gasteiger charge is -2.51. The number of ether oxygens (including phenoxy) is 11. The molecule has 0 aromatic heterocycles. The molecule has 4 amide bonds. The van der Waals surface area contributed by atoms with Gasteiger partial charge in [0.2, 0.25) is 17.7 Å². The van der Waals surface area contributed by atoms with Crippen molar-refractivity contribution in [2.75, 3.05) is 39.6 Å². The average Bonchev–Trinajstić information content (AvgIpc) is 1.33. The second-order valence-electron chi connectivity index (χ2n) is 23.7. The van der Waals surface area contributed by atoms with Crippen LogP contribution < -0.4 is 21.3 Å². The first-order valence-electron chi connectivity index (χ1n) is 30.2. The lowest BCUT2D eigenvalue weighted by Crippen LogP contribution is -2.71. The van der Waals surface area contributed by atoms with Gasteiger partial charge in [-0.2, -0.15) is 0 Å². The van der Waals surface area contributed by atoms with E-state index in [-0.39, 0.29) is 6.61 Å². The molecule has 2 aromatic carbocycles. The van der Waals surface area contributed by atoms with Gasteiger partial charge in [-0.1, -0.05) is 48.5 Å². The molecule has 5 saturated heterocycles. The highest BCUT2D eigenvalue weighted by atomic mass is 16.8. The Morgan fingerprint density at radius 2 is 1.09 bits per heavy atom. The smallest absolute Gasteiger partial charge is 0.407 e. The number of alkyl carbamates (subject to hydrolysis) is 1. The molecule has 0 bridgehead atoms. The van der Waals surface area contributed by atoms with Crippen molar-refractivity contribution in [1.82, 2.24) is 21.3 Å². The van der Waals surface area contributed by atoms with E-state index in [1.54, 1.807) is 0 Å². The number of benzene rings is 2. The number of nitrogens with one attached hydrogen (secondary N) is 4. The SMILES string of the molecule is CC(=O)N[C@H]1[C@H](OC[C@H]2O[C@H](O[C@H](C)[C@H](NC(=O)OCC3c4ccccc4-c4ccccc43)C(=O)O)[C@H](NC(C)=O)[C@@H](O[C@@H]3O[C@H](CO)[C@H](O)[C@H](O)[C@H]3O)[C@H]2O)O[C@H](CO)[C@@H](O[C@@H]2O[C@H](CO)[C@H](O)[C@H](O[C@]3(C(=O)O)C[C@H](O)[C@@H](NC(C)=O)[C@H]([C@H](O)[C@H](O)CO)O3)[C@H]2O)[C@@H]1O. The second kappa shape index (κ2) is 32.2. The normalized spacial score (nSPS) is 37.6. The number of rotatable bonds is 26. The molecule has 37 heteroatoms. The van der Waals surface area contributed by atoms with Gasteiger partial charge in [0, 0.05) is 33.1 Å². The molecule has 8 rings (SSSR count). The fraction of sp³-hybridized carbons (Fsp3) is 0.690. The van der Waals surface area contributed by atoms with Crippen molar-refractivity contribution in [3.8, 4) is 11.1 Å². The molecule has 532 valence electrons. The molecular weight excluding hydrogens is 1280 g/mol. The van der Waals surface area contributed by atoms with Gasteiger partial charge in [-0.3, -0.25) is 14.4 Å². The van der Waals surface area contributed by atoms with Crippen molar-refractivity contribution in [3.05, 3.63) is 59.7 Å². The summed E-state index contributed by atoms with van der Waals surface area (Å²) in [4.78, 5) is 77.7. The monoisotopic (exact) mass is 1360 g/mol. The predicted molar refractivity (Wildman–Crippen MR) is 306 cm³/mol. The molecule has 5 heterocycles. The molecule has 37 nitrogen and oxygen atoms in total. The van der Waals surface area contributed by atoms with Crippen LogP contribution in [0.3, 0.4) is 0 Å². The van der Waals surface area contributed by atoms with E-state index >= 15 is 0 Å². The summed E-state index contributed by atoms with van der Waals surface area (Å²) in [5.74, 6) is -10.0. The Bertz CT molecular complexity index is 2910. The quantitative estimate of drug-likeness (QED) is 0.0416. The van der Waals surface area contributed by atoms with Gasteiger partial charge < -0.3 is 155 Å². The molecule has 28 atom stereocenters. The molecule has 0 spiro atoms. The minimum Gasteiger partial charge on any atom is -0.480 e. The van der Waals surface area contributed by atoms with Gasteiger partial charge in [-0.25, -0.2) is 14.4 Å². The number of carboxylic acids is 2. The maximum absolute atomic E-state index is 13.5. The lowest BCUT2D eigenvalue weighted by atomic mass is 9.88. The van der Waals surface area contributed by atoms with Crippen LogP contribution in [-0.2, 0) is 76.1 Å². The third-order valence-electron chi connectivity index (χ3n) is 17.2. The molecule has 0 saturated carbocycles. The number of carbonyl (C=O) groups excluding carboxylic acids is 4. The van der Waals surface area contributed by atoms with Crippen LogP contribution in [0.5, 0.6) is 0 Å². The number of hydrogen-bond acceptors (Lipinski definition) is 31. The summed E-state index contributed by atoms with van der Waals surface area (Å²) in [6.45, 7) is -1.44. The first kappa shape index (κ1) is 74.9. The van der Waals surface area contributed by atoms with Gasteiger partial charge in [-0.05, 0) is 29.2 Å². The highest BCUT2D eigenvalue weighted by Gasteiger charge is 2.61. The zero-order valence-corrected chi connectivity index (χ0v) is 51.3. The van der Waals surface area contributed by atoms with Crippen molar-refractivity contribution in [2.24, 2.45) is 0 Å². The molecule has 95 heavy (non-hydrogen) atoms. The summed E-state index contributed by atoms with van der Waals surface area (Å²) in [7, 11) is 0. The van der Waals surface area contributed by atoms with E-state index in [0.29, 0.717) is 0 Å². The lowest BCUT2D eigenvalue weighted by molar-refractivity contribution is -0.383. The van der Waals surface area contributed by atoms with E-state index in [4.69, 9.17) is 52.1 Å². The van der Waals surface area contributed by atoms with Gasteiger partial charge in [0.25, 0.3) is 5.79 Å². The second-order valence-corrected chi connectivity index (χ2v) is 23.7. The maximum atomic E-state index is 13.5. The van der Waals surface area contributed by atoms with Gasteiger partial charge in [0.05, 0.1) is 51.3 Å². The molecule has 5 aliphatic heterocycles. The number of fused-ring (bicyclic) bond motifs is 3. The number of carbonyl (C=O) groups is 6. The molecule has 5 fully saturated rings. The van der Waals surface area contributed by atoms with Crippen LogP contribution in [0.25, 0.3) is 11.1 Å². The Kier molecular flexibility index (Phi) is 25.4. The minimum atomic E-state index is -3.21. The third kappa shape index (κ3) is 16.5. The van der Waals surface area contributed by atoms with E-state index < -0.39 is 252 Å². The zero-order valence-electron chi connectivity index (χ0n) is 51.3. The topological polar surface area (TPSA) is 576 Å². The molecule has 2 aromatic rings. The summed E-state index contributed by atoms with van der Waals surface area (Å²) in [6, 6.07) is 7.56. The predicted octanol–water partition coefficient (Wildman–Crippen LogP) is -8.88. The number of aliphatic carboxylic acids is 2. The summed E-state index contributed by atoms with van der Waals surface area (Å²) in [6.07, 6.45) is -49.2. The van der Waals surface area contributed by atoms with Gasteiger partial charge in [0.1, 0.15) is 122 Å². The van der Waals surface area contributed by atoms with Gasteiger partial charge in [0.15, 0.2) is 31.2 Å². The van der Waals surface area contributed by atoms with Crippen LogP contribution in [0.15, 0.2) is 48.5 Å². The molecule has 1 aliphatic carbocycles. The Balaban J connectivity index is 1.03. The number of aliphatic hydroxyl groups excluding tert-OH is 14. The Labute approximate surface area is 539 Å². The highest BCUT2D eigenvalue weighted by molar-refractivity contribution is 5.82. The van der Waals surface area contributed by atoms with Gasteiger partial charge in [-0.15, -0.1) is 0 Å². The number of amides is 4. The van der Waals surface area contributed by atoms with Crippen LogP contribution in [0, 0.1) is 0 Å². The van der Waals surface area contributed by atoms with E-state index in [2.05, 4.69) is 21.3 Å². The van der Waals surface area contributed by atoms with Crippen LogP contribution >= 0.6 is 0 Å². The first-order valence-corrected chi connectivity index (χ1v) is 30.2. The fourth-order valence-corrected chi connectivity index (χ4v) is 12.4. The van der Waals surface area contributed by atoms with Crippen molar-refractivity contribution in [3.63, 3.8) is 0 Å². The van der Waals surface area contributed by atoms with E-state index in [0.717, 1.165) is 43.0 Å². The highest BCUT2D eigenvalue weighted by Crippen LogP contribution is 2.45. The third-order valence-corrected chi connectivity index (χ3v) is 17.2. The molecular formula is C58H82N4O33. The molecule has 6 aliphatic rings. The number of carboxylic acid groups (broad SMARTS) is 2. The van der Waals surface area contributed by atoms with Crippen molar-refractivity contribution in [2.45, 2.75) is 211 Å². The van der Waals surface area contributed by atoms with Crippen molar-refractivity contribution >= 4 is 35.8 Å². The Morgan fingerprint density at radius 1 is 0.579 bits per heavy atom. The van der Waals surface area contributed by atoms with Crippen LogP contribution in [-0.4, -0.2) is 328 Å². The molecule has 0 radical (unpaired) electrons. The number of aliphatic hydroxyl groups is 14. The summed E-state index contributed by atoms with van der Waals surface area (Å²) in [5, 5.41) is 184. The van der Waals surface area contributed by atoms with Crippen molar-refractivity contribution < 1.29 is 163 Å². The number of hydrogen-bond donors (Lipinski definition) is 20. The first-order chi connectivity index (χ1) is 45.0. The van der Waals surface area contributed by atoms with Gasteiger partial charge >= 0.3 is 18.0 Å². The zero-order chi connectivity index (χ0) is 69.7. The van der Waals surface area contributed by atoms with E-state index in [1.165, 1.54) is 6.92 Å². The molecule has 0 unspecified atom stereocenters. The average molecular weight is 1360 g/mol. The molecule has 20 N–H and O–H groups in total. The largest absolute Gasteiger partial charge is 0.480 e. The van der Waals surface area contributed by atoms with E-state index in [9.17, 15) is 110 Å².